The SMILES string of the molecule is COc1cc2c(cc1OC)[C@@H]1[C@H](O)c3ccc4c(c3O[C@@H]1CO2)Cc1cc(C(C)C)oc1C4. The highest BCUT2D eigenvalue weighted by atomic mass is 16.5. The summed E-state index contributed by atoms with van der Waals surface area (Å²) >= 11 is 0. The highest BCUT2D eigenvalue weighted by Crippen LogP contribution is 2.53. The maximum Gasteiger partial charge on any atom is 0.164 e. The van der Waals surface area contributed by atoms with Crippen LogP contribution in [0.5, 0.6) is 23.0 Å². The maximum atomic E-state index is 11.5. The smallest absolute Gasteiger partial charge is 0.164 e. The van der Waals surface area contributed by atoms with Crippen molar-refractivity contribution in [3.8, 4) is 23.0 Å². The van der Waals surface area contributed by atoms with Crippen LogP contribution in [0.1, 0.15) is 71.1 Å². The van der Waals surface area contributed by atoms with E-state index in [1.54, 1.807) is 14.2 Å². The molecule has 3 aromatic rings. The van der Waals surface area contributed by atoms with Crippen LogP contribution in [0, 0.1) is 0 Å². The van der Waals surface area contributed by atoms with Crippen molar-refractivity contribution in [1.82, 2.24) is 0 Å². The molecule has 33 heavy (non-hydrogen) atoms. The minimum Gasteiger partial charge on any atom is -0.493 e. The summed E-state index contributed by atoms with van der Waals surface area (Å²) in [5, 5.41) is 11.5. The van der Waals surface area contributed by atoms with Crippen LogP contribution >= 0.6 is 0 Å². The minimum atomic E-state index is -0.707. The second kappa shape index (κ2) is 7.45. The fourth-order valence-electron chi connectivity index (χ4n) is 5.42. The third kappa shape index (κ3) is 3.04. The van der Waals surface area contributed by atoms with Crippen molar-refractivity contribution >= 4 is 0 Å². The molecule has 2 aliphatic heterocycles. The van der Waals surface area contributed by atoms with Crippen molar-refractivity contribution in [1.29, 1.82) is 0 Å². The van der Waals surface area contributed by atoms with E-state index in [1.165, 1.54) is 11.1 Å². The summed E-state index contributed by atoms with van der Waals surface area (Å²) in [6.07, 6.45) is 0.494. The Bertz CT molecular complexity index is 1240. The third-order valence-electron chi connectivity index (χ3n) is 7.20. The molecule has 0 saturated carbocycles. The van der Waals surface area contributed by atoms with Crippen LogP contribution in [-0.2, 0) is 12.8 Å². The molecule has 6 rings (SSSR count). The number of hydrogen-bond acceptors (Lipinski definition) is 6. The Hall–Kier alpha value is -3.12. The van der Waals surface area contributed by atoms with Crippen LogP contribution in [0.4, 0.5) is 0 Å². The Labute approximate surface area is 193 Å². The summed E-state index contributed by atoms with van der Waals surface area (Å²) in [6.45, 7) is 4.65. The molecule has 3 heterocycles. The number of furan rings is 1. The molecule has 0 unspecified atom stereocenters. The number of rotatable bonds is 3. The van der Waals surface area contributed by atoms with Crippen LogP contribution in [0.15, 0.2) is 34.7 Å². The van der Waals surface area contributed by atoms with Gasteiger partial charge in [0.25, 0.3) is 0 Å². The molecule has 6 nitrogen and oxygen atoms in total. The highest BCUT2D eigenvalue weighted by molar-refractivity contribution is 5.58. The molecule has 3 aliphatic rings. The van der Waals surface area contributed by atoms with E-state index < -0.39 is 6.10 Å². The van der Waals surface area contributed by atoms with E-state index in [2.05, 4.69) is 26.0 Å². The van der Waals surface area contributed by atoms with Crippen molar-refractivity contribution in [2.45, 2.75) is 50.7 Å². The van der Waals surface area contributed by atoms with Gasteiger partial charge in [-0.1, -0.05) is 26.0 Å². The number of fused-ring (bicyclic) bond motifs is 7. The second-order valence-corrected chi connectivity index (χ2v) is 9.41. The Morgan fingerprint density at radius 3 is 2.52 bits per heavy atom. The first-order valence-corrected chi connectivity index (χ1v) is 11.5. The molecular weight excluding hydrogens is 420 g/mol. The quantitative estimate of drug-likeness (QED) is 0.481. The van der Waals surface area contributed by atoms with Gasteiger partial charge in [0.1, 0.15) is 35.7 Å². The summed E-state index contributed by atoms with van der Waals surface area (Å²) in [7, 11) is 3.21. The largest absolute Gasteiger partial charge is 0.493 e. The van der Waals surface area contributed by atoms with Crippen LogP contribution in [0.25, 0.3) is 0 Å². The normalized spacial score (nSPS) is 22.2. The minimum absolute atomic E-state index is 0.250. The van der Waals surface area contributed by atoms with E-state index in [1.807, 2.05) is 18.2 Å². The van der Waals surface area contributed by atoms with Crippen molar-refractivity contribution in [2.75, 3.05) is 20.8 Å². The topological polar surface area (TPSA) is 70.3 Å². The first-order chi connectivity index (χ1) is 16.0. The lowest BCUT2D eigenvalue weighted by molar-refractivity contribution is 0.000661. The molecule has 2 aromatic carbocycles. The summed E-state index contributed by atoms with van der Waals surface area (Å²) in [5.41, 5.74) is 5.25. The summed E-state index contributed by atoms with van der Waals surface area (Å²) in [5.74, 6) is 4.86. The van der Waals surface area contributed by atoms with Gasteiger partial charge in [0.2, 0.25) is 0 Å². The molecule has 3 atom stereocenters. The van der Waals surface area contributed by atoms with Crippen LogP contribution in [0.3, 0.4) is 0 Å². The van der Waals surface area contributed by atoms with Gasteiger partial charge in [-0.2, -0.15) is 0 Å². The lowest BCUT2D eigenvalue weighted by Gasteiger charge is -2.42. The molecule has 0 radical (unpaired) electrons. The first kappa shape index (κ1) is 20.5. The number of aliphatic hydroxyl groups is 1. The van der Waals surface area contributed by atoms with E-state index >= 15 is 0 Å². The van der Waals surface area contributed by atoms with E-state index in [0.29, 0.717) is 29.8 Å². The van der Waals surface area contributed by atoms with Crippen molar-refractivity contribution in [3.63, 3.8) is 0 Å². The molecular formula is C27H28O6. The number of benzene rings is 2. The Kier molecular flexibility index (Phi) is 4.63. The fourth-order valence-corrected chi connectivity index (χ4v) is 5.42. The number of methoxy groups -OCH3 is 2. The second-order valence-electron chi connectivity index (χ2n) is 9.41. The average Bonchev–Trinajstić information content (AvgIpc) is 3.25. The molecule has 6 heteroatoms. The zero-order valence-electron chi connectivity index (χ0n) is 19.3. The van der Waals surface area contributed by atoms with Gasteiger partial charge in [-0.05, 0) is 23.3 Å². The van der Waals surface area contributed by atoms with E-state index in [-0.39, 0.29) is 12.0 Å². The van der Waals surface area contributed by atoms with E-state index in [0.717, 1.165) is 46.8 Å². The average molecular weight is 449 g/mol. The lowest BCUT2D eigenvalue weighted by Crippen LogP contribution is -2.42. The summed E-state index contributed by atoms with van der Waals surface area (Å²) < 4.78 is 29.7. The molecule has 1 aliphatic carbocycles. The van der Waals surface area contributed by atoms with Crippen LogP contribution in [-0.4, -0.2) is 32.0 Å². The van der Waals surface area contributed by atoms with Crippen LogP contribution < -0.4 is 18.9 Å². The first-order valence-electron chi connectivity index (χ1n) is 11.5. The molecule has 172 valence electrons. The van der Waals surface area contributed by atoms with Gasteiger partial charge < -0.3 is 28.5 Å². The molecule has 1 aromatic heterocycles. The van der Waals surface area contributed by atoms with Crippen molar-refractivity contribution in [3.05, 3.63) is 69.7 Å². The van der Waals surface area contributed by atoms with Crippen LogP contribution in [0.2, 0.25) is 0 Å². The van der Waals surface area contributed by atoms with Gasteiger partial charge in [0.15, 0.2) is 11.5 Å². The summed E-state index contributed by atoms with van der Waals surface area (Å²) in [6, 6.07) is 10.0. The molecule has 0 spiro atoms. The van der Waals surface area contributed by atoms with Crippen molar-refractivity contribution in [2.24, 2.45) is 0 Å². The fraction of sp³-hybridized carbons (Fsp3) is 0.407. The molecule has 1 N–H and O–H groups in total. The predicted octanol–water partition coefficient (Wildman–Crippen LogP) is 4.89. The van der Waals surface area contributed by atoms with Gasteiger partial charge in [-0.25, -0.2) is 0 Å². The molecule has 0 amide bonds. The number of ether oxygens (including phenoxy) is 4. The molecule has 0 bridgehead atoms. The lowest BCUT2D eigenvalue weighted by atomic mass is 9.78. The predicted molar refractivity (Wildman–Crippen MR) is 122 cm³/mol. The summed E-state index contributed by atoms with van der Waals surface area (Å²) in [4.78, 5) is 0. The van der Waals surface area contributed by atoms with Crippen molar-refractivity contribution < 1.29 is 28.5 Å². The standard InChI is InChI=1S/C27H28O6/c1-13(2)19-9-15-7-17-14(8-20(15)32-19)5-6-16-26(28)25-18-10-22(29-3)23(30-4)11-21(18)31-12-24(25)33-27(16)17/h5-6,9-11,13,24-26,28H,7-8,12H2,1-4H3/t24-,25+,26-/m1/s1. The van der Waals surface area contributed by atoms with Gasteiger partial charge in [-0.3, -0.25) is 0 Å². The number of aliphatic hydroxyl groups excluding tert-OH is 1. The monoisotopic (exact) mass is 448 g/mol. The highest BCUT2D eigenvalue weighted by Gasteiger charge is 2.45. The zero-order chi connectivity index (χ0) is 22.9. The van der Waals surface area contributed by atoms with E-state index in [9.17, 15) is 5.11 Å². The van der Waals surface area contributed by atoms with Gasteiger partial charge in [-0.15, -0.1) is 0 Å². The van der Waals surface area contributed by atoms with Gasteiger partial charge >= 0.3 is 0 Å². The van der Waals surface area contributed by atoms with Gasteiger partial charge in [0.05, 0.1) is 26.2 Å². The molecule has 0 fully saturated rings. The maximum absolute atomic E-state index is 11.5. The van der Waals surface area contributed by atoms with E-state index in [4.69, 9.17) is 23.4 Å². The third-order valence-corrected chi connectivity index (χ3v) is 7.20. The molecule has 0 saturated heterocycles. The Morgan fingerprint density at radius 2 is 1.76 bits per heavy atom. The van der Waals surface area contributed by atoms with Gasteiger partial charge in [0, 0.05) is 41.5 Å². The Balaban J connectivity index is 1.40. The number of hydrogen-bond donors (Lipinski definition) is 1. The Morgan fingerprint density at radius 1 is 0.970 bits per heavy atom. The zero-order valence-corrected chi connectivity index (χ0v) is 19.3.